The molecule has 1 N–H and O–H groups in total. The van der Waals surface area contributed by atoms with Gasteiger partial charge in [-0.1, -0.05) is 36.7 Å². The summed E-state index contributed by atoms with van der Waals surface area (Å²) >= 11 is 6.47. The number of nitrogens with zero attached hydrogens (tertiary/aromatic N) is 3. The molecule has 294 valence electrons. The van der Waals surface area contributed by atoms with Gasteiger partial charge in [-0.3, -0.25) is 14.3 Å². The topological polar surface area (TPSA) is 136 Å². The number of carbonyl (C=O) groups excluding carboxylic acids is 3. The standard InChI is InChI=1S/C40H53ClN4O8S/c1-27-7-6-9-36(50-2)34-14-11-31(34)24-45-23-30-10-13-32(41)21-28(30)8-4-5-20-52-37-15-12-29(22-35(37)45)39(47)43-54(49,26-27)42-38(46)25-53-33-16-18-44(19-17-33)40(48)51-3/h6,9-10,12-13,15,21-22,27,31,33-34,36H,4-5,7-8,11,14,16-20,23-26H2,1-3H3,(H,42,43,46,47,49)/b9-6+/t27-,31-,34+,36-,54?/m0/s1. The number of amides is 3. The number of rotatable bonds is 5. The number of ether oxygens (including phenoxy) is 4. The minimum Gasteiger partial charge on any atom is -0.491 e. The van der Waals surface area contributed by atoms with Gasteiger partial charge in [0.1, 0.15) is 22.3 Å². The number of likely N-dealkylation sites (tertiary alicyclic amines) is 1. The predicted molar refractivity (Wildman–Crippen MR) is 208 cm³/mol. The van der Waals surface area contributed by atoms with Crippen LogP contribution in [-0.4, -0.2) is 92.0 Å². The lowest BCUT2D eigenvalue weighted by molar-refractivity contribution is -0.126. The zero-order valence-electron chi connectivity index (χ0n) is 31.5. The van der Waals surface area contributed by atoms with Crippen molar-refractivity contribution in [2.24, 2.45) is 22.1 Å². The first kappa shape index (κ1) is 40.0. The average molecular weight is 785 g/mol. The summed E-state index contributed by atoms with van der Waals surface area (Å²) in [5, 5.41) is 0.703. The van der Waals surface area contributed by atoms with Crippen molar-refractivity contribution in [2.45, 2.75) is 77.0 Å². The number of hydrogen-bond donors (Lipinski definition) is 1. The molecule has 5 atom stereocenters. The molecule has 3 amide bonds. The van der Waals surface area contributed by atoms with Gasteiger partial charge >= 0.3 is 6.09 Å². The Balaban J connectivity index is 1.31. The molecule has 3 heterocycles. The predicted octanol–water partition coefficient (Wildman–Crippen LogP) is 6.59. The van der Waals surface area contributed by atoms with E-state index in [4.69, 9.17) is 30.5 Å². The third kappa shape index (κ3) is 10.1. The molecule has 1 saturated carbocycles. The molecule has 2 aromatic rings. The number of methoxy groups -OCH3 is 2. The van der Waals surface area contributed by atoms with Crippen molar-refractivity contribution in [1.82, 2.24) is 9.62 Å². The molecule has 12 nitrogen and oxygen atoms in total. The number of halogens is 1. The summed E-state index contributed by atoms with van der Waals surface area (Å²) in [4.78, 5) is 43.0. The molecule has 1 unspecified atom stereocenters. The molecule has 1 saturated heterocycles. The van der Waals surface area contributed by atoms with Crippen LogP contribution < -0.4 is 14.4 Å². The van der Waals surface area contributed by atoms with E-state index in [1.54, 1.807) is 30.2 Å². The summed E-state index contributed by atoms with van der Waals surface area (Å²) in [5.74, 6) is -0.203. The third-order valence-corrected chi connectivity index (χ3v) is 13.3. The summed E-state index contributed by atoms with van der Waals surface area (Å²) in [6, 6.07) is 11.3. The monoisotopic (exact) mass is 784 g/mol. The molecule has 3 aliphatic heterocycles. The minimum absolute atomic E-state index is 0.0322. The van der Waals surface area contributed by atoms with Gasteiger partial charge in [0.2, 0.25) is 0 Å². The second-order valence-corrected chi connectivity index (χ2v) is 17.4. The number of anilines is 1. The van der Waals surface area contributed by atoms with Gasteiger partial charge in [0.15, 0.2) is 0 Å². The number of hydrogen-bond acceptors (Lipinski definition) is 9. The highest BCUT2D eigenvalue weighted by molar-refractivity contribution is 7.92. The normalized spacial score (nSPS) is 27.4. The number of benzene rings is 2. The van der Waals surface area contributed by atoms with Crippen LogP contribution in [0.4, 0.5) is 10.5 Å². The van der Waals surface area contributed by atoms with Crippen molar-refractivity contribution in [2.75, 3.05) is 57.7 Å². The second kappa shape index (κ2) is 18.3. The number of nitrogens with one attached hydrogen (secondary N) is 1. The van der Waals surface area contributed by atoms with Crippen LogP contribution in [0.5, 0.6) is 5.75 Å². The van der Waals surface area contributed by atoms with E-state index in [9.17, 15) is 18.6 Å². The second-order valence-electron chi connectivity index (χ2n) is 14.9. The van der Waals surface area contributed by atoms with E-state index in [0.717, 1.165) is 49.9 Å². The molecule has 4 aliphatic rings. The van der Waals surface area contributed by atoms with Gasteiger partial charge in [-0.2, -0.15) is 0 Å². The van der Waals surface area contributed by atoms with E-state index in [2.05, 4.69) is 38.3 Å². The molecule has 6 rings (SSSR count). The highest BCUT2D eigenvalue weighted by Gasteiger charge is 2.38. The van der Waals surface area contributed by atoms with Crippen molar-refractivity contribution in [3.63, 3.8) is 0 Å². The first-order valence-electron chi connectivity index (χ1n) is 19.1. The molecule has 0 radical (unpaired) electrons. The van der Waals surface area contributed by atoms with Gasteiger partial charge in [0.05, 0.1) is 37.4 Å². The zero-order chi connectivity index (χ0) is 38.2. The lowest BCUT2D eigenvalue weighted by Gasteiger charge is -2.43. The molecule has 0 spiro atoms. The summed E-state index contributed by atoms with van der Waals surface area (Å²) in [7, 11) is -0.488. The smallest absolute Gasteiger partial charge is 0.409 e. The van der Waals surface area contributed by atoms with Crippen LogP contribution >= 0.6 is 11.6 Å². The molecule has 0 aromatic heterocycles. The molecule has 2 fully saturated rings. The Hall–Kier alpha value is -3.65. The number of piperidine rings is 1. The maximum atomic E-state index is 14.5. The Morgan fingerprint density at radius 2 is 1.87 bits per heavy atom. The van der Waals surface area contributed by atoms with Crippen molar-refractivity contribution < 1.29 is 37.5 Å². The Labute approximate surface area is 324 Å². The fraction of sp³-hybridized carbons (Fsp3) is 0.575. The molecule has 2 bridgehead atoms. The maximum absolute atomic E-state index is 14.5. The van der Waals surface area contributed by atoms with E-state index < -0.39 is 27.8 Å². The molecular formula is C40H53ClN4O8S. The van der Waals surface area contributed by atoms with Crippen LogP contribution in [0.3, 0.4) is 0 Å². The molecule has 2 aromatic carbocycles. The van der Waals surface area contributed by atoms with Crippen LogP contribution in [0.15, 0.2) is 52.9 Å². The summed E-state index contributed by atoms with van der Waals surface area (Å²) in [5.41, 5.74) is 3.38. The first-order valence-corrected chi connectivity index (χ1v) is 21.1. The number of allylic oxidation sites excluding steroid dienone is 1. The average Bonchev–Trinajstić information content (AvgIpc) is 3.17. The van der Waals surface area contributed by atoms with E-state index in [-0.39, 0.29) is 36.0 Å². The van der Waals surface area contributed by atoms with Crippen LogP contribution in [0.2, 0.25) is 5.02 Å². The third-order valence-electron chi connectivity index (χ3n) is 11.0. The van der Waals surface area contributed by atoms with Gasteiger partial charge in [-0.25, -0.2) is 9.00 Å². The van der Waals surface area contributed by atoms with E-state index in [1.807, 2.05) is 13.0 Å². The fourth-order valence-electron chi connectivity index (χ4n) is 7.91. The van der Waals surface area contributed by atoms with E-state index in [0.29, 0.717) is 68.1 Å². The summed E-state index contributed by atoms with van der Waals surface area (Å²) < 4.78 is 44.4. The Morgan fingerprint density at radius 3 is 2.61 bits per heavy atom. The lowest BCUT2D eigenvalue weighted by atomic mass is 9.70. The molecule has 54 heavy (non-hydrogen) atoms. The summed E-state index contributed by atoms with van der Waals surface area (Å²) in [6.45, 7) is 4.28. The number of aryl methyl sites for hydroxylation is 1. The summed E-state index contributed by atoms with van der Waals surface area (Å²) in [6.07, 6.45) is 9.81. The Bertz CT molecular complexity index is 1820. The fourth-order valence-corrected chi connectivity index (χ4v) is 10.0. The van der Waals surface area contributed by atoms with Crippen LogP contribution in [0, 0.1) is 17.8 Å². The van der Waals surface area contributed by atoms with Gasteiger partial charge in [-0.15, -0.1) is 4.36 Å². The quantitative estimate of drug-likeness (QED) is 0.334. The van der Waals surface area contributed by atoms with E-state index >= 15 is 0 Å². The molecule has 14 heteroatoms. The molecule has 1 aliphatic carbocycles. The van der Waals surface area contributed by atoms with E-state index in [1.165, 1.54) is 12.7 Å². The van der Waals surface area contributed by atoms with Crippen molar-refractivity contribution >= 4 is 45.1 Å². The van der Waals surface area contributed by atoms with Crippen LogP contribution in [0.1, 0.15) is 73.4 Å². The van der Waals surface area contributed by atoms with Gasteiger partial charge in [0.25, 0.3) is 11.8 Å². The van der Waals surface area contributed by atoms with Gasteiger partial charge < -0.3 is 28.7 Å². The zero-order valence-corrected chi connectivity index (χ0v) is 33.1. The Morgan fingerprint density at radius 1 is 1.06 bits per heavy atom. The number of fused-ring (bicyclic) bond motifs is 3. The first-order chi connectivity index (χ1) is 26.0. The van der Waals surface area contributed by atoms with Crippen molar-refractivity contribution in [3.8, 4) is 5.75 Å². The SMILES string of the molecule is COC(=O)N1CCC(OCC(=O)NS2(=O)=NC(=O)c3ccc4c(c3)N(Cc3ccc(Cl)cc3CCCCO4)C[C@@H]3CC[C@H]3[C@@H](OC)/C=C/C[C@H](C)C2)CC1. The van der Waals surface area contributed by atoms with Crippen molar-refractivity contribution in [1.29, 1.82) is 0 Å². The Kier molecular flexibility index (Phi) is 13.6. The van der Waals surface area contributed by atoms with Gasteiger partial charge in [-0.05, 0) is 111 Å². The van der Waals surface area contributed by atoms with Gasteiger partial charge in [0, 0.05) is 43.9 Å². The minimum atomic E-state index is -3.57. The van der Waals surface area contributed by atoms with Crippen LogP contribution in [0.25, 0.3) is 0 Å². The lowest BCUT2D eigenvalue weighted by Crippen LogP contribution is -2.43. The highest BCUT2D eigenvalue weighted by Crippen LogP contribution is 2.42. The van der Waals surface area contributed by atoms with Crippen molar-refractivity contribution in [3.05, 3.63) is 70.3 Å². The van der Waals surface area contributed by atoms with Crippen LogP contribution in [-0.2, 0) is 41.9 Å². The number of carbonyl (C=O) groups is 3. The maximum Gasteiger partial charge on any atom is 0.409 e. The largest absolute Gasteiger partial charge is 0.491 e. The highest BCUT2D eigenvalue weighted by atomic mass is 35.5. The molecular weight excluding hydrogens is 732 g/mol.